The standard InChI is InChI=1S/C47H96N3O3.2ClH/c1-8-11-13-15-17-19-21-23-25-27-29-31-33-35-37-39-41-49(4,5)43-46(51)48-45(10-3)50(6,7)44-47(52)53-42-40-38-36-34-32-30-28-26-24-22-20-18-16-14-12-9-2;;/h45H,8-44H2,1-7H3;2*1H/q+1;;/p-1. The second-order valence-electron chi connectivity index (χ2n) is 18.1. The SMILES string of the molecule is CCCCCCCCCCCCCCCCCCOC(=O)C[N+](C)(C)C(CC)NC(=O)C[N+](C)(C)CCCCCCCCCCCCCCCCCC.[Cl-].[Cl-]. The van der Waals surface area contributed by atoms with Crippen molar-refractivity contribution in [2.75, 3.05) is 54.4 Å². The van der Waals surface area contributed by atoms with Crippen LogP contribution in [0.5, 0.6) is 0 Å². The highest BCUT2D eigenvalue weighted by Crippen LogP contribution is 2.16. The molecule has 0 fully saturated rings. The molecule has 1 amide bonds. The molecule has 0 aliphatic heterocycles. The Hall–Kier alpha value is -0.560. The molecule has 0 aromatic carbocycles. The number of carbonyl (C=O) groups excluding carboxylic acids is 2. The molecule has 0 heterocycles. The van der Waals surface area contributed by atoms with E-state index in [9.17, 15) is 9.59 Å². The van der Waals surface area contributed by atoms with Crippen molar-refractivity contribution in [3.63, 3.8) is 0 Å². The summed E-state index contributed by atoms with van der Waals surface area (Å²) in [6.45, 7) is 8.93. The van der Waals surface area contributed by atoms with Gasteiger partial charge in [0.05, 0.1) is 41.3 Å². The third kappa shape index (κ3) is 40.0. The summed E-state index contributed by atoms with van der Waals surface area (Å²) in [5, 5.41) is 3.26. The van der Waals surface area contributed by atoms with Gasteiger partial charge in [-0.3, -0.25) is 9.28 Å². The molecule has 0 saturated heterocycles. The summed E-state index contributed by atoms with van der Waals surface area (Å²) in [4.78, 5) is 25.9. The van der Waals surface area contributed by atoms with Crippen molar-refractivity contribution in [3.05, 3.63) is 0 Å². The molecule has 0 rings (SSSR count). The van der Waals surface area contributed by atoms with Crippen molar-refractivity contribution in [1.29, 1.82) is 0 Å². The third-order valence-electron chi connectivity index (χ3n) is 11.5. The van der Waals surface area contributed by atoms with Crippen LogP contribution in [0.25, 0.3) is 0 Å². The van der Waals surface area contributed by atoms with E-state index in [0.29, 0.717) is 22.1 Å². The van der Waals surface area contributed by atoms with E-state index in [4.69, 9.17) is 4.74 Å². The number of ether oxygens (including phenoxy) is 1. The average molecular weight is 823 g/mol. The molecule has 1 N–H and O–H groups in total. The Bertz CT molecular complexity index is 827. The third-order valence-corrected chi connectivity index (χ3v) is 11.5. The summed E-state index contributed by atoms with van der Waals surface area (Å²) in [6, 6.07) is 0. The maximum absolute atomic E-state index is 13.1. The first kappa shape index (κ1) is 58.8. The van der Waals surface area contributed by atoms with Gasteiger partial charge in [-0.2, -0.15) is 0 Å². The van der Waals surface area contributed by atoms with Gasteiger partial charge in [-0.05, 0) is 19.3 Å². The van der Waals surface area contributed by atoms with Crippen LogP contribution in [0.2, 0.25) is 0 Å². The largest absolute Gasteiger partial charge is 1.00 e. The van der Waals surface area contributed by atoms with Crippen LogP contribution in [-0.2, 0) is 14.3 Å². The Kier molecular flexibility index (Phi) is 44.4. The smallest absolute Gasteiger partial charge is 0.361 e. The Balaban J connectivity index is -0.0000135. The van der Waals surface area contributed by atoms with Crippen molar-refractivity contribution in [1.82, 2.24) is 5.32 Å². The topological polar surface area (TPSA) is 55.4 Å². The number of likely N-dealkylation sites (N-methyl/N-ethyl adjacent to an activating group) is 2. The lowest BCUT2D eigenvalue weighted by Crippen LogP contribution is -3.00. The number of halogens is 2. The number of nitrogens with one attached hydrogen (secondary N) is 1. The first-order chi connectivity index (χ1) is 25.6. The van der Waals surface area contributed by atoms with Crippen molar-refractivity contribution >= 4 is 11.9 Å². The second kappa shape index (κ2) is 41.6. The lowest BCUT2D eigenvalue weighted by molar-refractivity contribution is -0.911. The fourth-order valence-corrected chi connectivity index (χ4v) is 7.88. The molecule has 1 atom stereocenters. The summed E-state index contributed by atoms with van der Waals surface area (Å²) in [7, 11) is 8.39. The molecule has 0 aromatic rings. The van der Waals surface area contributed by atoms with Gasteiger partial charge in [0.2, 0.25) is 0 Å². The van der Waals surface area contributed by atoms with E-state index in [2.05, 4.69) is 40.2 Å². The number of rotatable bonds is 41. The first-order valence-corrected chi connectivity index (χ1v) is 23.7. The quantitative estimate of drug-likeness (QED) is 0.0311. The normalized spacial score (nSPS) is 12.2. The summed E-state index contributed by atoms with van der Waals surface area (Å²) >= 11 is 0. The summed E-state index contributed by atoms with van der Waals surface area (Å²) < 4.78 is 6.74. The van der Waals surface area contributed by atoms with Crippen molar-refractivity contribution < 1.29 is 48.1 Å². The van der Waals surface area contributed by atoms with Crippen LogP contribution in [0.1, 0.15) is 233 Å². The van der Waals surface area contributed by atoms with E-state index in [0.717, 1.165) is 25.8 Å². The molecule has 0 saturated carbocycles. The van der Waals surface area contributed by atoms with Gasteiger partial charge >= 0.3 is 5.97 Å². The van der Waals surface area contributed by atoms with Crippen LogP contribution < -0.4 is 30.1 Å². The minimum absolute atomic E-state index is 0. The number of quaternary nitrogens is 2. The van der Waals surface area contributed by atoms with E-state index in [1.54, 1.807) is 0 Å². The van der Waals surface area contributed by atoms with Gasteiger partial charge in [0.25, 0.3) is 5.91 Å². The number of hydrogen-bond donors (Lipinski definition) is 1. The molecule has 0 radical (unpaired) electrons. The van der Waals surface area contributed by atoms with E-state index in [-0.39, 0.29) is 49.4 Å². The number of unbranched alkanes of at least 4 members (excludes halogenated alkanes) is 30. The Labute approximate surface area is 357 Å². The summed E-state index contributed by atoms with van der Waals surface area (Å²) in [6.07, 6.45) is 44.1. The molecular weight excluding hydrogens is 725 g/mol. The summed E-state index contributed by atoms with van der Waals surface area (Å²) in [5.41, 5.74) is 0. The molecule has 0 aromatic heterocycles. The Morgan fingerprint density at radius 2 is 0.764 bits per heavy atom. The maximum atomic E-state index is 13.1. The molecule has 0 bridgehead atoms. The average Bonchev–Trinajstić information content (AvgIpc) is 3.11. The van der Waals surface area contributed by atoms with Crippen LogP contribution in [0.15, 0.2) is 0 Å². The van der Waals surface area contributed by atoms with Gasteiger partial charge in [-0.25, -0.2) is 4.79 Å². The minimum atomic E-state index is -0.164. The molecule has 0 aliphatic rings. The molecule has 6 nitrogen and oxygen atoms in total. The zero-order valence-electron chi connectivity index (χ0n) is 38.1. The number of esters is 1. The fourth-order valence-electron chi connectivity index (χ4n) is 7.88. The van der Waals surface area contributed by atoms with E-state index in [1.165, 1.54) is 193 Å². The van der Waals surface area contributed by atoms with Crippen LogP contribution in [0.4, 0.5) is 0 Å². The highest BCUT2D eigenvalue weighted by atomic mass is 35.5. The fraction of sp³-hybridized carbons (Fsp3) is 0.957. The number of nitrogens with zero attached hydrogens (tertiary/aromatic N) is 2. The Morgan fingerprint density at radius 1 is 0.455 bits per heavy atom. The lowest BCUT2D eigenvalue weighted by atomic mass is 10.0. The number of carbonyl (C=O) groups is 2. The zero-order chi connectivity index (χ0) is 39.3. The van der Waals surface area contributed by atoms with Crippen LogP contribution in [-0.4, -0.2) is 81.4 Å². The minimum Gasteiger partial charge on any atom is -1.00 e. The van der Waals surface area contributed by atoms with Crippen LogP contribution in [0.3, 0.4) is 0 Å². The number of amides is 1. The molecule has 55 heavy (non-hydrogen) atoms. The maximum Gasteiger partial charge on any atom is 0.361 e. The number of hydrogen-bond acceptors (Lipinski definition) is 3. The zero-order valence-corrected chi connectivity index (χ0v) is 39.6. The first-order valence-electron chi connectivity index (χ1n) is 23.7. The van der Waals surface area contributed by atoms with Crippen molar-refractivity contribution in [2.24, 2.45) is 0 Å². The highest BCUT2D eigenvalue weighted by Gasteiger charge is 2.33. The predicted molar refractivity (Wildman–Crippen MR) is 231 cm³/mol. The van der Waals surface area contributed by atoms with Gasteiger partial charge in [-0.15, -0.1) is 0 Å². The predicted octanol–water partition coefficient (Wildman–Crippen LogP) is 7.07. The molecule has 332 valence electrons. The highest BCUT2D eigenvalue weighted by molar-refractivity contribution is 5.77. The van der Waals surface area contributed by atoms with Gasteiger partial charge in [0, 0.05) is 6.42 Å². The van der Waals surface area contributed by atoms with Crippen molar-refractivity contribution in [3.8, 4) is 0 Å². The molecule has 8 heteroatoms. The molecule has 0 aliphatic carbocycles. The van der Waals surface area contributed by atoms with E-state index >= 15 is 0 Å². The lowest BCUT2D eigenvalue weighted by Gasteiger charge is -2.37. The van der Waals surface area contributed by atoms with Gasteiger partial charge in [0.15, 0.2) is 19.3 Å². The summed E-state index contributed by atoms with van der Waals surface area (Å²) in [5.74, 6) is -0.0886. The molecular formula is C47H97Cl2N3O3. The molecule has 0 spiro atoms. The molecule has 1 unspecified atom stereocenters. The van der Waals surface area contributed by atoms with E-state index < -0.39 is 0 Å². The van der Waals surface area contributed by atoms with Crippen LogP contribution >= 0.6 is 0 Å². The van der Waals surface area contributed by atoms with Gasteiger partial charge in [-0.1, -0.05) is 207 Å². The Morgan fingerprint density at radius 3 is 1.09 bits per heavy atom. The van der Waals surface area contributed by atoms with Crippen LogP contribution in [0, 0.1) is 0 Å². The second-order valence-corrected chi connectivity index (χ2v) is 18.1. The van der Waals surface area contributed by atoms with E-state index in [1.807, 2.05) is 14.1 Å². The monoisotopic (exact) mass is 822 g/mol. The van der Waals surface area contributed by atoms with Crippen molar-refractivity contribution in [2.45, 2.75) is 239 Å². The van der Waals surface area contributed by atoms with Gasteiger partial charge in [0.1, 0.15) is 0 Å². The van der Waals surface area contributed by atoms with Gasteiger partial charge < -0.3 is 39.4 Å².